The second-order valence-electron chi connectivity index (χ2n) is 5.01. The summed E-state index contributed by atoms with van der Waals surface area (Å²) >= 11 is 0. The zero-order valence-corrected chi connectivity index (χ0v) is 11.5. The van der Waals surface area contributed by atoms with Crippen LogP contribution in [0.3, 0.4) is 0 Å². The van der Waals surface area contributed by atoms with Gasteiger partial charge in [0.25, 0.3) is 5.91 Å². The van der Waals surface area contributed by atoms with Crippen LogP contribution in [0.25, 0.3) is 0 Å². The number of carbonyl (C=O) groups excluding carboxylic acids is 1. The minimum Gasteiger partial charge on any atom is -0.345 e. The molecule has 1 amide bonds. The van der Waals surface area contributed by atoms with Crippen molar-refractivity contribution < 1.29 is 4.79 Å². The minimum absolute atomic E-state index is 0.0337. The molecule has 0 atom stereocenters. The third kappa shape index (κ3) is 2.44. The van der Waals surface area contributed by atoms with Crippen molar-refractivity contribution in [1.82, 2.24) is 20.2 Å². The number of hydrogen-bond donors (Lipinski definition) is 2. The normalized spacial score (nSPS) is 13.8. The second-order valence-corrected chi connectivity index (χ2v) is 5.01. The third-order valence-electron chi connectivity index (χ3n) is 3.72. The van der Waals surface area contributed by atoms with Crippen LogP contribution in [0, 0.1) is 0 Å². The van der Waals surface area contributed by atoms with Crippen molar-refractivity contribution in [1.29, 1.82) is 0 Å². The van der Waals surface area contributed by atoms with E-state index in [0.717, 1.165) is 36.5 Å². The molecule has 1 aromatic carbocycles. The lowest BCUT2D eigenvalue weighted by atomic mass is 9.95. The Morgan fingerprint density at radius 2 is 2.40 bits per heavy atom. The number of amides is 1. The molecule has 0 saturated heterocycles. The predicted molar refractivity (Wildman–Crippen MR) is 76.2 cm³/mol. The first-order valence-corrected chi connectivity index (χ1v) is 6.81. The van der Waals surface area contributed by atoms with Crippen molar-refractivity contribution in [3.05, 3.63) is 53.1 Å². The molecule has 0 radical (unpaired) electrons. The number of carbonyl (C=O) groups is 1. The van der Waals surface area contributed by atoms with Gasteiger partial charge in [0.05, 0.1) is 6.54 Å². The van der Waals surface area contributed by atoms with Crippen molar-refractivity contribution in [2.24, 2.45) is 7.05 Å². The Hall–Kier alpha value is -2.14. The molecule has 0 fully saturated rings. The Bertz CT molecular complexity index is 633. The maximum absolute atomic E-state index is 12.3. The maximum atomic E-state index is 12.3. The van der Waals surface area contributed by atoms with Gasteiger partial charge < -0.3 is 15.2 Å². The fourth-order valence-electron chi connectivity index (χ4n) is 2.55. The Morgan fingerprint density at radius 3 is 3.20 bits per heavy atom. The molecular formula is C15H18N4O. The predicted octanol–water partition coefficient (Wildman–Crippen LogP) is 0.996. The molecule has 0 unspecified atom stereocenters. The summed E-state index contributed by atoms with van der Waals surface area (Å²) in [6, 6.07) is 5.95. The van der Waals surface area contributed by atoms with Crippen LogP contribution < -0.4 is 10.6 Å². The number of benzene rings is 1. The fraction of sp³-hybridized carbons (Fsp3) is 0.333. The van der Waals surface area contributed by atoms with Crippen LogP contribution in [-0.4, -0.2) is 22.0 Å². The summed E-state index contributed by atoms with van der Waals surface area (Å²) in [5.74, 6) is 0.815. The summed E-state index contributed by atoms with van der Waals surface area (Å²) in [7, 11) is 1.92. The van der Waals surface area contributed by atoms with Crippen LogP contribution in [0.15, 0.2) is 30.6 Å². The number of imidazole rings is 1. The average molecular weight is 270 g/mol. The Balaban J connectivity index is 1.76. The smallest absolute Gasteiger partial charge is 0.251 e. The molecule has 1 aliphatic heterocycles. The maximum Gasteiger partial charge on any atom is 0.251 e. The van der Waals surface area contributed by atoms with E-state index in [0.29, 0.717) is 6.54 Å². The molecule has 0 aliphatic carbocycles. The summed E-state index contributed by atoms with van der Waals surface area (Å²) in [5.41, 5.74) is 3.16. The molecule has 20 heavy (non-hydrogen) atoms. The molecule has 5 nitrogen and oxygen atoms in total. The summed E-state index contributed by atoms with van der Waals surface area (Å²) < 4.78 is 1.91. The van der Waals surface area contributed by atoms with Gasteiger partial charge in [-0.3, -0.25) is 4.79 Å². The first-order valence-electron chi connectivity index (χ1n) is 6.81. The van der Waals surface area contributed by atoms with E-state index in [4.69, 9.17) is 0 Å². The zero-order chi connectivity index (χ0) is 13.9. The third-order valence-corrected chi connectivity index (χ3v) is 3.72. The zero-order valence-electron chi connectivity index (χ0n) is 11.5. The van der Waals surface area contributed by atoms with E-state index in [2.05, 4.69) is 21.7 Å². The van der Waals surface area contributed by atoms with Crippen molar-refractivity contribution in [2.75, 3.05) is 6.54 Å². The lowest BCUT2D eigenvalue weighted by Crippen LogP contribution is -2.30. The van der Waals surface area contributed by atoms with Crippen LogP contribution in [0.4, 0.5) is 0 Å². The first-order chi connectivity index (χ1) is 9.75. The molecule has 3 rings (SSSR count). The Kier molecular flexibility index (Phi) is 3.52. The van der Waals surface area contributed by atoms with Crippen molar-refractivity contribution in [3.8, 4) is 0 Å². The van der Waals surface area contributed by atoms with Gasteiger partial charge in [-0.05, 0) is 30.2 Å². The highest BCUT2D eigenvalue weighted by Crippen LogP contribution is 2.18. The van der Waals surface area contributed by atoms with Gasteiger partial charge in [-0.25, -0.2) is 4.98 Å². The number of aromatic nitrogens is 2. The quantitative estimate of drug-likeness (QED) is 0.874. The summed E-state index contributed by atoms with van der Waals surface area (Å²) in [5, 5.41) is 6.26. The monoisotopic (exact) mass is 270 g/mol. The van der Waals surface area contributed by atoms with Crippen LogP contribution in [-0.2, 0) is 26.6 Å². The molecule has 2 heterocycles. The molecule has 2 N–H and O–H groups in total. The summed E-state index contributed by atoms with van der Waals surface area (Å²) in [4.78, 5) is 16.6. The first kappa shape index (κ1) is 12.9. The number of rotatable bonds is 3. The number of nitrogens with one attached hydrogen (secondary N) is 2. The Labute approximate surface area is 118 Å². The molecular weight excluding hydrogens is 252 g/mol. The minimum atomic E-state index is -0.0337. The van der Waals surface area contributed by atoms with Gasteiger partial charge in [-0.1, -0.05) is 12.1 Å². The standard InChI is InChI=1S/C15H18N4O/c1-19-8-7-17-14(19)10-18-15(20)12-4-2-3-11-5-6-16-9-13(11)12/h2-4,7-8,16H,5-6,9-10H2,1H3,(H,18,20). The van der Waals surface area contributed by atoms with E-state index < -0.39 is 0 Å². The number of nitrogens with zero attached hydrogens (tertiary/aromatic N) is 2. The highest BCUT2D eigenvalue weighted by Gasteiger charge is 2.17. The fourth-order valence-corrected chi connectivity index (χ4v) is 2.55. The van der Waals surface area contributed by atoms with Gasteiger partial charge in [-0.2, -0.15) is 0 Å². The summed E-state index contributed by atoms with van der Waals surface area (Å²) in [6.45, 7) is 2.19. The van der Waals surface area contributed by atoms with Crippen LogP contribution >= 0.6 is 0 Å². The summed E-state index contributed by atoms with van der Waals surface area (Å²) in [6.07, 6.45) is 4.58. The van der Waals surface area contributed by atoms with Gasteiger partial charge in [-0.15, -0.1) is 0 Å². The van der Waals surface area contributed by atoms with Gasteiger partial charge in [0.2, 0.25) is 0 Å². The Morgan fingerprint density at radius 1 is 1.50 bits per heavy atom. The van der Waals surface area contributed by atoms with E-state index in [-0.39, 0.29) is 5.91 Å². The lowest BCUT2D eigenvalue weighted by Gasteiger charge is -2.19. The molecule has 104 valence electrons. The van der Waals surface area contributed by atoms with Crippen LogP contribution in [0.5, 0.6) is 0 Å². The van der Waals surface area contributed by atoms with E-state index in [9.17, 15) is 4.79 Å². The van der Waals surface area contributed by atoms with Crippen molar-refractivity contribution in [2.45, 2.75) is 19.5 Å². The van der Waals surface area contributed by atoms with Crippen LogP contribution in [0.2, 0.25) is 0 Å². The van der Waals surface area contributed by atoms with Gasteiger partial charge in [0.1, 0.15) is 5.82 Å². The number of hydrogen-bond acceptors (Lipinski definition) is 3. The van der Waals surface area contributed by atoms with E-state index >= 15 is 0 Å². The average Bonchev–Trinajstić information content (AvgIpc) is 2.89. The molecule has 2 aromatic rings. The largest absolute Gasteiger partial charge is 0.345 e. The molecule has 0 saturated carbocycles. The molecule has 5 heteroatoms. The molecule has 1 aromatic heterocycles. The second kappa shape index (κ2) is 5.46. The topological polar surface area (TPSA) is 59.0 Å². The van der Waals surface area contributed by atoms with Gasteiger partial charge in [0.15, 0.2) is 0 Å². The van der Waals surface area contributed by atoms with E-state index in [1.807, 2.05) is 29.9 Å². The molecule has 0 spiro atoms. The van der Waals surface area contributed by atoms with E-state index in [1.54, 1.807) is 6.20 Å². The van der Waals surface area contributed by atoms with Crippen molar-refractivity contribution >= 4 is 5.91 Å². The number of fused-ring (bicyclic) bond motifs is 1. The van der Waals surface area contributed by atoms with Crippen LogP contribution in [0.1, 0.15) is 27.3 Å². The van der Waals surface area contributed by atoms with Gasteiger partial charge in [0, 0.05) is 31.5 Å². The molecule has 0 bridgehead atoms. The highest BCUT2D eigenvalue weighted by atomic mass is 16.1. The molecule has 1 aliphatic rings. The van der Waals surface area contributed by atoms with Crippen molar-refractivity contribution in [3.63, 3.8) is 0 Å². The number of aryl methyl sites for hydroxylation is 1. The SMILES string of the molecule is Cn1ccnc1CNC(=O)c1cccc2c1CNCC2. The lowest BCUT2D eigenvalue weighted by molar-refractivity contribution is 0.0948. The van der Waals surface area contributed by atoms with Gasteiger partial charge >= 0.3 is 0 Å². The highest BCUT2D eigenvalue weighted by molar-refractivity contribution is 5.96. The van der Waals surface area contributed by atoms with E-state index in [1.165, 1.54) is 5.56 Å².